The summed E-state index contributed by atoms with van der Waals surface area (Å²) in [6, 6.07) is 11.1. The van der Waals surface area contributed by atoms with Crippen molar-refractivity contribution in [3.8, 4) is 0 Å². The number of hydrogen-bond donors (Lipinski definition) is 1. The van der Waals surface area contributed by atoms with E-state index in [-0.39, 0.29) is 22.7 Å². The van der Waals surface area contributed by atoms with Crippen LogP contribution in [0.3, 0.4) is 0 Å². The van der Waals surface area contributed by atoms with E-state index >= 15 is 0 Å². The third kappa shape index (κ3) is 4.96. The minimum absolute atomic E-state index is 0.136. The third-order valence-electron chi connectivity index (χ3n) is 3.15. The molecule has 8 heteroatoms. The van der Waals surface area contributed by atoms with Crippen molar-refractivity contribution < 1.29 is 24.0 Å². The molecule has 2 aromatic rings. The lowest BCUT2D eigenvalue weighted by molar-refractivity contribution is -0.384. The first kappa shape index (κ1) is 17.8. The first-order valence-corrected chi connectivity index (χ1v) is 7.19. The lowest BCUT2D eigenvalue weighted by Gasteiger charge is -2.06. The molecule has 0 aliphatic rings. The number of ether oxygens (including phenoxy) is 1. The number of nitro groups is 1. The third-order valence-corrected chi connectivity index (χ3v) is 3.15. The van der Waals surface area contributed by atoms with Crippen molar-refractivity contribution in [3.05, 3.63) is 69.8 Å². The molecule has 1 N–H and O–H groups in total. The second kappa shape index (κ2) is 7.82. The smallest absolute Gasteiger partial charge is 0.338 e. The highest BCUT2D eigenvalue weighted by Gasteiger charge is 2.14. The molecule has 0 unspecified atom stereocenters. The lowest BCUT2D eigenvalue weighted by atomic mass is 10.1. The number of benzene rings is 2. The molecular formula is C17H14N2O6. The fraction of sp³-hybridized carbons (Fsp3) is 0.118. The molecule has 0 saturated heterocycles. The number of Topliss-reactive ketones (excluding diaryl/α,β-unsaturated/α-hetero) is 1. The molecule has 25 heavy (non-hydrogen) atoms. The molecule has 8 nitrogen and oxygen atoms in total. The molecule has 0 heterocycles. The van der Waals surface area contributed by atoms with Crippen molar-refractivity contribution in [2.24, 2.45) is 0 Å². The van der Waals surface area contributed by atoms with E-state index in [0.717, 1.165) is 0 Å². The van der Waals surface area contributed by atoms with Crippen LogP contribution in [0.2, 0.25) is 0 Å². The summed E-state index contributed by atoms with van der Waals surface area (Å²) in [6.45, 7) is 0.842. The van der Waals surface area contributed by atoms with Crippen molar-refractivity contribution in [2.75, 3.05) is 11.9 Å². The zero-order valence-corrected chi connectivity index (χ0v) is 13.2. The Balaban J connectivity index is 1.98. The SMILES string of the molecule is CC(=O)Nc1cccc(C(=O)OCC(=O)c2ccc([N+](=O)[O-])cc2)c1. The van der Waals surface area contributed by atoms with Crippen LogP contribution in [0.5, 0.6) is 0 Å². The number of hydrogen-bond acceptors (Lipinski definition) is 6. The van der Waals surface area contributed by atoms with Gasteiger partial charge in [-0.2, -0.15) is 0 Å². The molecule has 0 aliphatic carbocycles. The maximum atomic E-state index is 12.0. The standard InChI is InChI=1S/C17H14N2O6/c1-11(20)18-14-4-2-3-13(9-14)17(22)25-10-16(21)12-5-7-15(8-6-12)19(23)24/h2-9H,10H2,1H3,(H,18,20). The molecule has 0 aliphatic heterocycles. The zero-order chi connectivity index (χ0) is 18.4. The van der Waals surface area contributed by atoms with E-state index in [1.807, 2.05) is 0 Å². The first-order chi connectivity index (χ1) is 11.9. The van der Waals surface area contributed by atoms with E-state index in [1.165, 1.54) is 43.3 Å². The van der Waals surface area contributed by atoms with Crippen LogP contribution in [0.4, 0.5) is 11.4 Å². The van der Waals surface area contributed by atoms with Gasteiger partial charge in [0.15, 0.2) is 12.4 Å². The number of nitrogens with zero attached hydrogens (tertiary/aromatic N) is 1. The number of esters is 1. The highest BCUT2D eigenvalue weighted by Crippen LogP contribution is 2.14. The van der Waals surface area contributed by atoms with Crippen molar-refractivity contribution >= 4 is 29.0 Å². The van der Waals surface area contributed by atoms with E-state index in [2.05, 4.69) is 5.32 Å². The van der Waals surface area contributed by atoms with Gasteiger partial charge in [0.2, 0.25) is 5.91 Å². The second-order valence-corrected chi connectivity index (χ2v) is 5.07. The van der Waals surface area contributed by atoms with Gasteiger partial charge in [0.1, 0.15) is 0 Å². The molecule has 128 valence electrons. The Bertz CT molecular complexity index is 829. The highest BCUT2D eigenvalue weighted by atomic mass is 16.6. The van der Waals surface area contributed by atoms with Gasteiger partial charge >= 0.3 is 5.97 Å². The Labute approximate surface area is 142 Å². The molecule has 2 rings (SSSR count). The van der Waals surface area contributed by atoms with E-state index in [9.17, 15) is 24.5 Å². The summed E-state index contributed by atoms with van der Waals surface area (Å²) >= 11 is 0. The fourth-order valence-corrected chi connectivity index (χ4v) is 1.99. The van der Waals surface area contributed by atoms with Crippen LogP contribution in [0.15, 0.2) is 48.5 Å². The number of anilines is 1. The van der Waals surface area contributed by atoms with E-state index in [4.69, 9.17) is 4.74 Å². The molecule has 1 amide bonds. The summed E-state index contributed by atoms with van der Waals surface area (Å²) in [6.07, 6.45) is 0. The average Bonchev–Trinajstić information content (AvgIpc) is 2.59. The number of ketones is 1. The maximum absolute atomic E-state index is 12.0. The molecule has 2 aromatic carbocycles. The van der Waals surface area contributed by atoms with Gasteiger partial charge in [0.25, 0.3) is 5.69 Å². The highest BCUT2D eigenvalue weighted by molar-refractivity contribution is 6.00. The zero-order valence-electron chi connectivity index (χ0n) is 13.2. The number of rotatable bonds is 6. The lowest BCUT2D eigenvalue weighted by Crippen LogP contribution is -2.14. The van der Waals surface area contributed by atoms with Crippen LogP contribution < -0.4 is 5.32 Å². The number of nitro benzene ring substituents is 1. The molecule has 0 spiro atoms. The monoisotopic (exact) mass is 342 g/mol. The average molecular weight is 342 g/mol. The van der Waals surface area contributed by atoms with Gasteiger partial charge < -0.3 is 10.1 Å². The second-order valence-electron chi connectivity index (χ2n) is 5.07. The van der Waals surface area contributed by atoms with E-state index in [1.54, 1.807) is 12.1 Å². The number of amides is 1. The van der Waals surface area contributed by atoms with Crippen LogP contribution in [-0.2, 0) is 9.53 Å². The van der Waals surface area contributed by atoms with Gasteiger partial charge in [-0.15, -0.1) is 0 Å². The molecule has 0 aromatic heterocycles. The van der Waals surface area contributed by atoms with Crippen LogP contribution in [0.1, 0.15) is 27.6 Å². The quantitative estimate of drug-likeness (QED) is 0.373. The van der Waals surface area contributed by atoms with Crippen molar-refractivity contribution in [3.63, 3.8) is 0 Å². The summed E-state index contributed by atoms with van der Waals surface area (Å²) in [5.41, 5.74) is 0.681. The number of nitrogens with one attached hydrogen (secondary N) is 1. The molecule has 0 radical (unpaired) electrons. The maximum Gasteiger partial charge on any atom is 0.338 e. The van der Waals surface area contributed by atoms with Gasteiger partial charge in [0, 0.05) is 30.3 Å². The number of non-ortho nitro benzene ring substituents is 1. The van der Waals surface area contributed by atoms with Gasteiger partial charge in [-0.05, 0) is 30.3 Å². The van der Waals surface area contributed by atoms with Crippen LogP contribution in [0.25, 0.3) is 0 Å². The topological polar surface area (TPSA) is 116 Å². The Hall–Kier alpha value is -3.55. The summed E-state index contributed by atoms with van der Waals surface area (Å²) in [7, 11) is 0. The Kier molecular flexibility index (Phi) is 5.57. The molecule has 0 fully saturated rings. The summed E-state index contributed by atoms with van der Waals surface area (Å²) < 4.78 is 4.95. The molecular weight excluding hydrogens is 328 g/mol. The predicted molar refractivity (Wildman–Crippen MR) is 88.5 cm³/mol. The normalized spacial score (nSPS) is 9.96. The summed E-state index contributed by atoms with van der Waals surface area (Å²) in [5.74, 6) is -1.48. The Morgan fingerprint density at radius 2 is 1.76 bits per heavy atom. The van der Waals surface area contributed by atoms with Crippen LogP contribution in [0, 0.1) is 10.1 Å². The minimum atomic E-state index is -0.720. The van der Waals surface area contributed by atoms with Crippen LogP contribution in [-0.4, -0.2) is 29.2 Å². The molecule has 0 bridgehead atoms. The predicted octanol–water partition coefficient (Wildman–Crippen LogP) is 2.59. The number of carbonyl (C=O) groups excluding carboxylic acids is 3. The molecule has 0 saturated carbocycles. The van der Waals surface area contributed by atoms with Crippen molar-refractivity contribution in [2.45, 2.75) is 6.92 Å². The van der Waals surface area contributed by atoms with E-state index in [0.29, 0.717) is 5.69 Å². The van der Waals surface area contributed by atoms with Gasteiger partial charge in [-0.1, -0.05) is 6.07 Å². The Morgan fingerprint density at radius 3 is 2.36 bits per heavy atom. The fourth-order valence-electron chi connectivity index (χ4n) is 1.99. The minimum Gasteiger partial charge on any atom is -0.454 e. The van der Waals surface area contributed by atoms with Crippen LogP contribution >= 0.6 is 0 Å². The van der Waals surface area contributed by atoms with Gasteiger partial charge in [0.05, 0.1) is 10.5 Å². The first-order valence-electron chi connectivity index (χ1n) is 7.19. The van der Waals surface area contributed by atoms with Crippen molar-refractivity contribution in [1.82, 2.24) is 0 Å². The molecule has 0 atom stereocenters. The van der Waals surface area contributed by atoms with Crippen molar-refractivity contribution in [1.29, 1.82) is 0 Å². The summed E-state index contributed by atoms with van der Waals surface area (Å²) in [5, 5.41) is 13.1. The largest absolute Gasteiger partial charge is 0.454 e. The van der Waals surface area contributed by atoms with E-state index < -0.39 is 23.3 Å². The summed E-state index contributed by atoms with van der Waals surface area (Å²) in [4.78, 5) is 45.0. The van der Waals surface area contributed by atoms with Gasteiger partial charge in [-0.25, -0.2) is 4.79 Å². The number of carbonyl (C=O) groups is 3. The van der Waals surface area contributed by atoms with Gasteiger partial charge in [-0.3, -0.25) is 19.7 Å². The Morgan fingerprint density at radius 1 is 1.08 bits per heavy atom.